The lowest BCUT2D eigenvalue weighted by molar-refractivity contribution is 0.564. The molecule has 0 unspecified atom stereocenters. The monoisotopic (exact) mass is 442 g/mol. The van der Waals surface area contributed by atoms with Crippen LogP contribution in [0, 0.1) is 6.92 Å². The lowest BCUT2D eigenvalue weighted by atomic mass is 10.1. The molecule has 1 aromatic heterocycles. The minimum atomic E-state index is -3.32. The first-order chi connectivity index (χ1) is 14.5. The second-order valence-electron chi connectivity index (χ2n) is 7.48. The minimum absolute atomic E-state index is 0.0570. The average molecular weight is 443 g/mol. The molecule has 1 fully saturated rings. The maximum absolute atomic E-state index is 12.6. The highest BCUT2D eigenvalue weighted by Gasteiger charge is 2.22. The van der Waals surface area contributed by atoms with E-state index >= 15 is 0 Å². The van der Waals surface area contributed by atoms with E-state index in [-0.39, 0.29) is 5.75 Å². The summed E-state index contributed by atoms with van der Waals surface area (Å²) < 4.78 is 27.3. The van der Waals surface area contributed by atoms with Crippen molar-refractivity contribution in [3.63, 3.8) is 0 Å². The minimum Gasteiger partial charge on any atom is -0.341 e. The largest absolute Gasteiger partial charge is 0.341 e. The second-order valence-corrected chi connectivity index (χ2v) is 10.7. The van der Waals surface area contributed by atoms with Gasteiger partial charge < -0.3 is 4.90 Å². The van der Waals surface area contributed by atoms with E-state index in [4.69, 9.17) is 0 Å². The molecule has 0 N–H and O–H groups in total. The molecule has 0 aliphatic carbocycles. The fourth-order valence-electron chi connectivity index (χ4n) is 3.56. The third kappa shape index (κ3) is 4.70. The Hall–Kier alpha value is -2.32. The number of sulfone groups is 1. The van der Waals surface area contributed by atoms with Crippen LogP contribution in [0.25, 0.3) is 5.69 Å². The van der Waals surface area contributed by atoms with E-state index < -0.39 is 9.84 Å². The molecular formula is C22H26N4O2S2. The SMILES string of the molecule is Cc1ccc(-n2c(SCCS(=O)(=O)c3ccccc3)nnc2N2CCCCC2)cc1. The van der Waals surface area contributed by atoms with Crippen molar-refractivity contribution < 1.29 is 8.42 Å². The van der Waals surface area contributed by atoms with Gasteiger partial charge in [-0.1, -0.05) is 47.7 Å². The van der Waals surface area contributed by atoms with Gasteiger partial charge in [-0.05, 0) is 50.5 Å². The zero-order chi connectivity index (χ0) is 21.0. The van der Waals surface area contributed by atoms with E-state index in [2.05, 4.69) is 50.9 Å². The molecule has 4 rings (SSSR count). The van der Waals surface area contributed by atoms with E-state index in [1.54, 1.807) is 24.3 Å². The van der Waals surface area contributed by atoms with Gasteiger partial charge in [0.2, 0.25) is 5.95 Å². The summed E-state index contributed by atoms with van der Waals surface area (Å²) >= 11 is 1.44. The van der Waals surface area contributed by atoms with Crippen LogP contribution in [0.5, 0.6) is 0 Å². The van der Waals surface area contributed by atoms with Crippen LogP contribution in [0.2, 0.25) is 0 Å². The number of hydrogen-bond acceptors (Lipinski definition) is 6. The van der Waals surface area contributed by atoms with Gasteiger partial charge in [-0.25, -0.2) is 8.42 Å². The first-order valence-corrected chi connectivity index (χ1v) is 12.9. The first kappa shape index (κ1) is 20.9. The Morgan fingerprint density at radius 3 is 2.33 bits per heavy atom. The summed E-state index contributed by atoms with van der Waals surface area (Å²) in [7, 11) is -3.32. The molecule has 0 amide bonds. The van der Waals surface area contributed by atoms with Crippen LogP contribution in [0.3, 0.4) is 0 Å². The van der Waals surface area contributed by atoms with Crippen molar-refractivity contribution in [3.05, 3.63) is 60.2 Å². The number of aromatic nitrogens is 3. The van der Waals surface area contributed by atoms with Crippen molar-refractivity contribution in [2.24, 2.45) is 0 Å². The Balaban J connectivity index is 1.57. The lowest BCUT2D eigenvalue weighted by Gasteiger charge is -2.27. The number of hydrogen-bond donors (Lipinski definition) is 0. The number of thioether (sulfide) groups is 1. The van der Waals surface area contributed by atoms with Crippen molar-refractivity contribution in [2.45, 2.75) is 36.2 Å². The maximum atomic E-state index is 12.6. The normalized spacial score (nSPS) is 14.8. The van der Waals surface area contributed by atoms with Crippen molar-refractivity contribution in [3.8, 4) is 5.69 Å². The maximum Gasteiger partial charge on any atom is 0.232 e. The molecule has 0 atom stereocenters. The summed E-state index contributed by atoms with van der Waals surface area (Å²) in [6.07, 6.45) is 3.55. The quantitative estimate of drug-likeness (QED) is 0.513. The molecule has 0 spiro atoms. The van der Waals surface area contributed by atoms with E-state index in [1.165, 1.54) is 23.7 Å². The highest BCUT2D eigenvalue weighted by molar-refractivity contribution is 8.00. The van der Waals surface area contributed by atoms with Gasteiger partial charge in [-0.15, -0.1) is 10.2 Å². The molecule has 0 bridgehead atoms. The van der Waals surface area contributed by atoms with Gasteiger partial charge in [0, 0.05) is 18.8 Å². The second kappa shape index (κ2) is 9.22. The first-order valence-electron chi connectivity index (χ1n) is 10.2. The van der Waals surface area contributed by atoms with Gasteiger partial charge >= 0.3 is 0 Å². The molecule has 30 heavy (non-hydrogen) atoms. The Labute approximate surface area is 182 Å². The van der Waals surface area contributed by atoms with Crippen molar-refractivity contribution in [2.75, 3.05) is 29.5 Å². The van der Waals surface area contributed by atoms with Crippen molar-refractivity contribution in [1.82, 2.24) is 14.8 Å². The standard InChI is InChI=1S/C22H26N4O2S2/c1-18-10-12-19(13-11-18)26-21(25-14-6-3-7-15-25)23-24-22(26)29-16-17-30(27,28)20-8-4-2-5-9-20/h2,4-5,8-13H,3,6-7,14-17H2,1H3. The Morgan fingerprint density at radius 2 is 1.63 bits per heavy atom. The van der Waals surface area contributed by atoms with Gasteiger partial charge in [0.05, 0.1) is 16.3 Å². The van der Waals surface area contributed by atoms with E-state index in [0.717, 1.165) is 42.7 Å². The van der Waals surface area contributed by atoms with E-state index in [1.807, 2.05) is 6.07 Å². The average Bonchev–Trinajstić information content (AvgIpc) is 3.19. The summed E-state index contributed by atoms with van der Waals surface area (Å²) in [5.74, 6) is 1.31. The fourth-order valence-corrected chi connectivity index (χ4v) is 6.18. The summed E-state index contributed by atoms with van der Waals surface area (Å²) in [4.78, 5) is 2.64. The number of benzene rings is 2. The molecule has 6 nitrogen and oxygen atoms in total. The van der Waals surface area contributed by atoms with Crippen molar-refractivity contribution >= 4 is 27.5 Å². The summed E-state index contributed by atoms with van der Waals surface area (Å²) in [6, 6.07) is 16.9. The molecule has 3 aromatic rings. The number of piperidine rings is 1. The number of nitrogens with zero attached hydrogens (tertiary/aromatic N) is 4. The van der Waals surface area contributed by atoms with Gasteiger partial charge in [-0.2, -0.15) is 0 Å². The predicted molar refractivity (Wildman–Crippen MR) is 121 cm³/mol. The number of anilines is 1. The van der Waals surface area contributed by atoms with Crippen LogP contribution in [0.15, 0.2) is 64.6 Å². The highest BCUT2D eigenvalue weighted by atomic mass is 32.2. The molecule has 0 saturated carbocycles. The molecular weight excluding hydrogens is 416 g/mol. The van der Waals surface area contributed by atoms with E-state index in [9.17, 15) is 8.42 Å². The zero-order valence-corrected chi connectivity index (χ0v) is 18.7. The fraction of sp³-hybridized carbons (Fsp3) is 0.364. The molecule has 158 valence electrons. The van der Waals surface area contributed by atoms with Crippen LogP contribution in [0.4, 0.5) is 5.95 Å². The molecule has 2 heterocycles. The lowest BCUT2D eigenvalue weighted by Crippen LogP contribution is -2.31. The highest BCUT2D eigenvalue weighted by Crippen LogP contribution is 2.29. The Bertz CT molecular complexity index is 1070. The molecule has 8 heteroatoms. The molecule has 1 aliphatic heterocycles. The topological polar surface area (TPSA) is 68.1 Å². The third-order valence-electron chi connectivity index (χ3n) is 5.23. The molecule has 1 aliphatic rings. The van der Waals surface area contributed by atoms with Crippen molar-refractivity contribution in [1.29, 1.82) is 0 Å². The van der Waals surface area contributed by atoms with Gasteiger partial charge in [0.15, 0.2) is 15.0 Å². The summed E-state index contributed by atoms with van der Waals surface area (Å²) in [5.41, 5.74) is 2.19. The summed E-state index contributed by atoms with van der Waals surface area (Å²) in [6.45, 7) is 4.00. The molecule has 0 radical (unpaired) electrons. The van der Waals surface area contributed by atoms with Gasteiger partial charge in [0.1, 0.15) is 0 Å². The van der Waals surface area contributed by atoms with Gasteiger partial charge in [-0.3, -0.25) is 4.57 Å². The van der Waals surface area contributed by atoms with E-state index in [0.29, 0.717) is 10.6 Å². The zero-order valence-electron chi connectivity index (χ0n) is 17.1. The molecule has 1 saturated heterocycles. The third-order valence-corrected chi connectivity index (χ3v) is 8.15. The van der Waals surface area contributed by atoms with Crippen LogP contribution in [-0.4, -0.2) is 47.8 Å². The van der Waals surface area contributed by atoms with Crippen LogP contribution >= 0.6 is 11.8 Å². The van der Waals surface area contributed by atoms with Crippen LogP contribution in [0.1, 0.15) is 24.8 Å². The summed E-state index contributed by atoms with van der Waals surface area (Å²) in [5, 5.41) is 9.63. The predicted octanol–water partition coefficient (Wildman–Crippen LogP) is 4.13. The number of aryl methyl sites for hydroxylation is 1. The van der Waals surface area contributed by atoms with Crippen LogP contribution in [-0.2, 0) is 9.84 Å². The molecule has 2 aromatic carbocycles. The number of rotatable bonds is 7. The van der Waals surface area contributed by atoms with Crippen LogP contribution < -0.4 is 4.90 Å². The Kier molecular flexibility index (Phi) is 6.43. The smallest absolute Gasteiger partial charge is 0.232 e. The Morgan fingerprint density at radius 1 is 0.933 bits per heavy atom. The van der Waals surface area contributed by atoms with Gasteiger partial charge in [0.25, 0.3) is 0 Å².